The first kappa shape index (κ1) is 15.9. The average molecular weight is 340 g/mol. The van der Waals surface area contributed by atoms with E-state index in [1.807, 2.05) is 35.7 Å². The van der Waals surface area contributed by atoms with Gasteiger partial charge in [0.05, 0.1) is 0 Å². The third kappa shape index (κ3) is 4.50. The molecule has 2 N–H and O–H groups in total. The van der Waals surface area contributed by atoms with Crippen LogP contribution in [0, 0.1) is 0 Å². The van der Waals surface area contributed by atoms with Crippen LogP contribution >= 0.6 is 11.3 Å². The van der Waals surface area contributed by atoms with Crippen molar-refractivity contribution in [1.29, 1.82) is 0 Å². The summed E-state index contributed by atoms with van der Waals surface area (Å²) in [5, 5.41) is 20.1. The van der Waals surface area contributed by atoms with Gasteiger partial charge >= 0.3 is 0 Å². The highest BCUT2D eigenvalue weighted by Gasteiger charge is 2.00. The monoisotopic (exact) mass is 340 g/mol. The molecule has 0 saturated heterocycles. The van der Waals surface area contributed by atoms with Crippen LogP contribution in [0.5, 0.6) is 0 Å². The van der Waals surface area contributed by atoms with Gasteiger partial charge in [-0.25, -0.2) is 4.68 Å². The molecular weight excluding hydrogens is 324 g/mol. The maximum atomic E-state index is 11.7. The van der Waals surface area contributed by atoms with Crippen molar-refractivity contribution in [1.82, 2.24) is 25.3 Å². The van der Waals surface area contributed by atoms with E-state index in [1.54, 1.807) is 34.5 Å². The Morgan fingerprint density at radius 1 is 1.21 bits per heavy atom. The lowest BCUT2D eigenvalue weighted by molar-refractivity contribution is -0.116. The summed E-state index contributed by atoms with van der Waals surface area (Å²) in [6, 6.07) is 9.38. The van der Waals surface area contributed by atoms with E-state index in [2.05, 4.69) is 25.9 Å². The molecule has 3 heterocycles. The second kappa shape index (κ2) is 8.02. The number of carbonyl (C=O) groups excluding carboxylic acids is 1. The van der Waals surface area contributed by atoms with Gasteiger partial charge in [-0.3, -0.25) is 4.79 Å². The lowest BCUT2D eigenvalue weighted by Crippen LogP contribution is -2.27. The molecule has 0 saturated carbocycles. The van der Waals surface area contributed by atoms with E-state index in [-0.39, 0.29) is 5.91 Å². The summed E-state index contributed by atoms with van der Waals surface area (Å²) >= 11 is 1.59. The predicted molar refractivity (Wildman–Crippen MR) is 94.0 cm³/mol. The molecule has 0 spiro atoms. The minimum absolute atomic E-state index is 0.120. The van der Waals surface area contributed by atoms with Crippen molar-refractivity contribution >= 4 is 29.1 Å². The molecule has 0 unspecified atom stereocenters. The predicted octanol–water partition coefficient (Wildman–Crippen LogP) is 1.97. The van der Waals surface area contributed by atoms with E-state index in [4.69, 9.17) is 0 Å². The standard InChI is InChI=1S/C16H16N6OS/c23-16(7-4-13-3-1-12-24-13)18-10-9-17-14-5-6-15(21-20-14)22-11-2-8-19-22/h1-8,11-12H,9-10H2,(H,17,20)(H,18,23)/b7-4+. The normalized spacial score (nSPS) is 10.8. The fourth-order valence-corrected chi connectivity index (χ4v) is 2.54. The second-order valence-electron chi connectivity index (χ2n) is 4.79. The van der Waals surface area contributed by atoms with Crippen LogP contribution in [0.25, 0.3) is 11.9 Å². The quantitative estimate of drug-likeness (QED) is 0.507. The van der Waals surface area contributed by atoms with Gasteiger partial charge in [0, 0.05) is 36.4 Å². The molecular formula is C16H16N6OS. The van der Waals surface area contributed by atoms with Crippen molar-refractivity contribution in [3.63, 3.8) is 0 Å². The summed E-state index contributed by atoms with van der Waals surface area (Å²) < 4.78 is 1.64. The molecule has 0 aliphatic rings. The van der Waals surface area contributed by atoms with Gasteiger partial charge in [-0.05, 0) is 35.7 Å². The van der Waals surface area contributed by atoms with Gasteiger partial charge in [-0.2, -0.15) is 5.10 Å². The third-order valence-corrected chi connectivity index (χ3v) is 3.90. The average Bonchev–Trinajstić information content (AvgIpc) is 3.31. The van der Waals surface area contributed by atoms with Gasteiger partial charge in [0.2, 0.25) is 5.91 Å². The van der Waals surface area contributed by atoms with E-state index in [0.717, 1.165) is 4.88 Å². The number of amides is 1. The fourth-order valence-electron chi connectivity index (χ4n) is 1.93. The molecule has 8 heteroatoms. The van der Waals surface area contributed by atoms with Crippen molar-refractivity contribution in [3.8, 4) is 5.82 Å². The minimum atomic E-state index is -0.120. The number of hydrogen-bond donors (Lipinski definition) is 2. The number of rotatable bonds is 7. The number of aromatic nitrogens is 4. The summed E-state index contributed by atoms with van der Waals surface area (Å²) in [4.78, 5) is 12.7. The molecule has 3 aromatic heterocycles. The van der Waals surface area contributed by atoms with E-state index < -0.39 is 0 Å². The van der Waals surface area contributed by atoms with Crippen LogP contribution < -0.4 is 10.6 Å². The summed E-state index contributed by atoms with van der Waals surface area (Å²) in [7, 11) is 0. The van der Waals surface area contributed by atoms with Crippen LogP contribution in [0.1, 0.15) is 4.88 Å². The highest BCUT2D eigenvalue weighted by molar-refractivity contribution is 7.10. The van der Waals surface area contributed by atoms with Crippen LogP contribution in [-0.2, 0) is 4.79 Å². The Labute approximate surface area is 143 Å². The molecule has 3 rings (SSSR count). The molecule has 24 heavy (non-hydrogen) atoms. The number of nitrogens with one attached hydrogen (secondary N) is 2. The van der Waals surface area contributed by atoms with Gasteiger partial charge in [-0.1, -0.05) is 6.07 Å². The molecule has 122 valence electrons. The zero-order chi connectivity index (χ0) is 16.6. The van der Waals surface area contributed by atoms with Crippen molar-refractivity contribution < 1.29 is 4.79 Å². The highest BCUT2D eigenvalue weighted by Crippen LogP contribution is 2.09. The van der Waals surface area contributed by atoms with Crippen LogP contribution in [0.4, 0.5) is 5.82 Å². The van der Waals surface area contributed by atoms with Crippen LogP contribution in [0.3, 0.4) is 0 Å². The van der Waals surface area contributed by atoms with E-state index in [0.29, 0.717) is 24.7 Å². The number of anilines is 1. The highest BCUT2D eigenvalue weighted by atomic mass is 32.1. The lowest BCUT2D eigenvalue weighted by atomic mass is 10.4. The first-order valence-corrected chi connectivity index (χ1v) is 8.26. The summed E-state index contributed by atoms with van der Waals surface area (Å²) in [6.07, 6.45) is 6.82. The maximum absolute atomic E-state index is 11.7. The Morgan fingerprint density at radius 2 is 2.17 bits per heavy atom. The van der Waals surface area contributed by atoms with E-state index >= 15 is 0 Å². The van der Waals surface area contributed by atoms with Crippen LogP contribution in [0.15, 0.2) is 54.2 Å². The molecule has 3 aromatic rings. The molecule has 0 fully saturated rings. The van der Waals surface area contributed by atoms with Gasteiger partial charge in [-0.15, -0.1) is 21.5 Å². The lowest BCUT2D eigenvalue weighted by Gasteiger charge is -2.06. The van der Waals surface area contributed by atoms with Gasteiger partial charge in [0.25, 0.3) is 0 Å². The summed E-state index contributed by atoms with van der Waals surface area (Å²) in [6.45, 7) is 1.06. The maximum Gasteiger partial charge on any atom is 0.244 e. The molecule has 7 nitrogen and oxygen atoms in total. The number of hydrogen-bond acceptors (Lipinski definition) is 6. The summed E-state index contributed by atoms with van der Waals surface area (Å²) in [5.41, 5.74) is 0. The van der Waals surface area contributed by atoms with E-state index in [1.165, 1.54) is 6.08 Å². The van der Waals surface area contributed by atoms with Crippen molar-refractivity contribution in [2.45, 2.75) is 0 Å². The molecule has 0 atom stereocenters. The molecule has 0 aliphatic heterocycles. The van der Waals surface area contributed by atoms with Crippen LogP contribution in [-0.4, -0.2) is 39.0 Å². The van der Waals surface area contributed by atoms with Crippen LogP contribution in [0.2, 0.25) is 0 Å². The van der Waals surface area contributed by atoms with Crippen molar-refractivity contribution in [2.75, 3.05) is 18.4 Å². The Kier molecular flexibility index (Phi) is 5.31. The molecule has 0 radical (unpaired) electrons. The zero-order valence-corrected chi connectivity index (χ0v) is 13.6. The Bertz CT molecular complexity index is 781. The smallest absolute Gasteiger partial charge is 0.244 e. The summed E-state index contributed by atoms with van der Waals surface area (Å²) in [5.74, 6) is 1.18. The fraction of sp³-hybridized carbons (Fsp3) is 0.125. The zero-order valence-electron chi connectivity index (χ0n) is 12.8. The van der Waals surface area contributed by atoms with Gasteiger partial charge in [0.1, 0.15) is 5.82 Å². The Balaban J connectivity index is 1.39. The molecule has 0 bridgehead atoms. The second-order valence-corrected chi connectivity index (χ2v) is 5.77. The Morgan fingerprint density at radius 3 is 2.88 bits per heavy atom. The number of nitrogens with zero attached hydrogens (tertiary/aromatic N) is 4. The molecule has 0 aromatic carbocycles. The third-order valence-electron chi connectivity index (χ3n) is 3.06. The first-order chi connectivity index (χ1) is 11.8. The molecule has 0 aliphatic carbocycles. The Hall–Kier alpha value is -3.00. The SMILES string of the molecule is O=C(/C=C/c1cccs1)NCCNc1ccc(-n2cccn2)nn1. The number of carbonyl (C=O) groups is 1. The van der Waals surface area contributed by atoms with Gasteiger partial charge < -0.3 is 10.6 Å². The van der Waals surface area contributed by atoms with Gasteiger partial charge in [0.15, 0.2) is 5.82 Å². The van der Waals surface area contributed by atoms with Crippen molar-refractivity contribution in [2.24, 2.45) is 0 Å². The topological polar surface area (TPSA) is 84.7 Å². The minimum Gasteiger partial charge on any atom is -0.367 e. The number of thiophene rings is 1. The molecule has 1 amide bonds. The largest absolute Gasteiger partial charge is 0.367 e. The first-order valence-electron chi connectivity index (χ1n) is 7.38. The van der Waals surface area contributed by atoms with E-state index in [9.17, 15) is 4.79 Å². The van der Waals surface area contributed by atoms with Crippen molar-refractivity contribution in [3.05, 3.63) is 59.1 Å².